The third kappa shape index (κ3) is 7.04. The number of anilines is 2. The monoisotopic (exact) mass is 644 g/mol. The molecule has 0 bridgehead atoms. The van der Waals surface area contributed by atoms with E-state index in [1.54, 1.807) is 0 Å². The van der Waals surface area contributed by atoms with E-state index in [-0.39, 0.29) is 43.1 Å². The summed E-state index contributed by atoms with van der Waals surface area (Å²) in [6.45, 7) is 1.44. The number of cyclic esters (lactones) is 2. The number of nitriles is 2. The van der Waals surface area contributed by atoms with Crippen LogP contribution in [0.15, 0.2) is 24.3 Å². The molecule has 4 rings (SSSR count). The zero-order valence-electron chi connectivity index (χ0n) is 23.0. The fourth-order valence-electron chi connectivity index (χ4n) is 4.73. The van der Waals surface area contributed by atoms with Gasteiger partial charge in [0.15, 0.2) is 6.04 Å². The molecule has 0 spiro atoms. The van der Waals surface area contributed by atoms with Gasteiger partial charge in [-0.2, -0.15) is 36.9 Å². The van der Waals surface area contributed by atoms with Gasteiger partial charge in [0.1, 0.15) is 13.2 Å². The summed E-state index contributed by atoms with van der Waals surface area (Å²) in [7, 11) is 1.09. The van der Waals surface area contributed by atoms with Crippen LogP contribution in [0.25, 0.3) is 0 Å². The number of aliphatic hydroxyl groups is 1. The number of carbonyl (C=O) groups is 3. The van der Waals surface area contributed by atoms with Gasteiger partial charge < -0.3 is 19.3 Å². The van der Waals surface area contributed by atoms with Crippen molar-refractivity contribution < 1.29 is 60.0 Å². The highest BCUT2D eigenvalue weighted by Crippen LogP contribution is 2.41. The second-order valence-corrected chi connectivity index (χ2v) is 9.25. The van der Waals surface area contributed by atoms with Crippen molar-refractivity contribution in [3.63, 3.8) is 0 Å². The second kappa shape index (κ2) is 13.7. The standard InChI is InChI=1S/C14H11F3N2O4.C13H11F3N2O3.CH4/c1-7-9(4-3-8(5-18)11(7)14(15,16)17)19-10(12(20)22-2)6-23-13(19)21;1-7-10(18-9(5-19)6-21-12(18)20)3-2-8(4-17)11(7)13(14,15)16;/h3-4,10H,6H2,1-2H3;2-3,9,19H,5-6H2,1H3;1H4. The molecule has 2 unspecified atom stereocenters. The van der Waals surface area contributed by atoms with Gasteiger partial charge in [0, 0.05) is 0 Å². The van der Waals surface area contributed by atoms with Gasteiger partial charge in [0.05, 0.1) is 65.5 Å². The Morgan fingerprint density at radius 2 is 1.31 bits per heavy atom. The summed E-state index contributed by atoms with van der Waals surface area (Å²) in [6.07, 6.45) is -11.3. The van der Waals surface area contributed by atoms with Gasteiger partial charge in [-0.15, -0.1) is 0 Å². The second-order valence-electron chi connectivity index (χ2n) is 9.25. The topological polar surface area (TPSA) is 153 Å². The molecule has 2 heterocycles. The van der Waals surface area contributed by atoms with Crippen molar-refractivity contribution in [3.05, 3.63) is 57.6 Å². The number of hydrogen-bond donors (Lipinski definition) is 1. The van der Waals surface area contributed by atoms with Crippen molar-refractivity contribution in [3.8, 4) is 12.1 Å². The van der Waals surface area contributed by atoms with Crippen LogP contribution in [0, 0.1) is 36.5 Å². The summed E-state index contributed by atoms with van der Waals surface area (Å²) in [4.78, 5) is 37.0. The molecular formula is C28H26F6N4O7. The summed E-state index contributed by atoms with van der Waals surface area (Å²) >= 11 is 0. The number of halogens is 6. The zero-order chi connectivity index (χ0) is 33.1. The number of rotatable bonds is 4. The van der Waals surface area contributed by atoms with Crippen LogP contribution in [0.3, 0.4) is 0 Å². The summed E-state index contributed by atoms with van der Waals surface area (Å²) < 4.78 is 92.9. The highest BCUT2D eigenvalue weighted by Gasteiger charge is 2.44. The van der Waals surface area contributed by atoms with Crippen molar-refractivity contribution in [1.29, 1.82) is 10.5 Å². The van der Waals surface area contributed by atoms with E-state index in [4.69, 9.17) is 20.0 Å². The lowest BCUT2D eigenvalue weighted by atomic mass is 9.99. The van der Waals surface area contributed by atoms with Crippen molar-refractivity contribution >= 4 is 29.5 Å². The molecule has 2 aromatic rings. The van der Waals surface area contributed by atoms with Gasteiger partial charge in [-0.05, 0) is 49.2 Å². The molecule has 0 aromatic heterocycles. The Morgan fingerprint density at radius 1 is 0.889 bits per heavy atom. The van der Waals surface area contributed by atoms with E-state index in [1.165, 1.54) is 31.2 Å². The average Bonchev–Trinajstić information content (AvgIpc) is 3.52. The average molecular weight is 645 g/mol. The van der Waals surface area contributed by atoms with Gasteiger partial charge in [0.2, 0.25) is 0 Å². The largest absolute Gasteiger partial charge is 0.467 e. The van der Waals surface area contributed by atoms with Gasteiger partial charge in [0.25, 0.3) is 0 Å². The molecule has 2 atom stereocenters. The highest BCUT2D eigenvalue weighted by atomic mass is 19.4. The molecule has 2 aromatic carbocycles. The van der Waals surface area contributed by atoms with Crippen LogP contribution in [0.4, 0.5) is 47.3 Å². The molecule has 17 heteroatoms. The Balaban J connectivity index is 0.000000308. The van der Waals surface area contributed by atoms with E-state index in [9.17, 15) is 45.8 Å². The molecule has 0 aliphatic carbocycles. The van der Waals surface area contributed by atoms with E-state index in [2.05, 4.69) is 4.74 Å². The number of hydrogen-bond acceptors (Lipinski definition) is 9. The molecular weight excluding hydrogens is 618 g/mol. The maximum atomic E-state index is 13.2. The molecule has 2 aliphatic heterocycles. The maximum Gasteiger partial charge on any atom is 0.418 e. The Hall–Kier alpha value is -5.03. The minimum absolute atomic E-state index is 0. The summed E-state index contributed by atoms with van der Waals surface area (Å²) in [6, 6.07) is 5.41. The number of benzene rings is 2. The Kier molecular flexibility index (Phi) is 11.0. The number of aliphatic hydroxyl groups excluding tert-OH is 1. The smallest absolute Gasteiger partial charge is 0.418 e. The summed E-state index contributed by atoms with van der Waals surface area (Å²) in [5.41, 5.74) is -4.10. The van der Waals surface area contributed by atoms with Crippen LogP contribution >= 0.6 is 0 Å². The van der Waals surface area contributed by atoms with Gasteiger partial charge in [-0.25, -0.2) is 14.4 Å². The van der Waals surface area contributed by atoms with Crippen LogP contribution in [-0.4, -0.2) is 62.3 Å². The van der Waals surface area contributed by atoms with E-state index in [0.717, 1.165) is 36.0 Å². The first-order chi connectivity index (χ1) is 20.5. The van der Waals surface area contributed by atoms with Gasteiger partial charge >= 0.3 is 30.5 Å². The quantitative estimate of drug-likeness (QED) is 0.268. The fraction of sp³-hybridized carbons (Fsp3) is 0.393. The number of methoxy groups -OCH3 is 1. The predicted octanol–water partition coefficient (Wildman–Crippen LogP) is 5.22. The molecule has 1 N–H and O–H groups in total. The van der Waals surface area contributed by atoms with Crippen LogP contribution in [0.2, 0.25) is 0 Å². The zero-order valence-corrected chi connectivity index (χ0v) is 23.0. The minimum Gasteiger partial charge on any atom is -0.467 e. The first kappa shape index (κ1) is 36.2. The Morgan fingerprint density at radius 3 is 1.71 bits per heavy atom. The van der Waals surface area contributed by atoms with Gasteiger partial charge in [-0.1, -0.05) is 7.43 Å². The van der Waals surface area contributed by atoms with Crippen molar-refractivity contribution in [2.75, 3.05) is 36.7 Å². The molecule has 45 heavy (non-hydrogen) atoms. The molecule has 0 saturated carbocycles. The molecule has 11 nitrogen and oxygen atoms in total. The van der Waals surface area contributed by atoms with Crippen LogP contribution in [-0.2, 0) is 31.4 Å². The lowest BCUT2D eigenvalue weighted by molar-refractivity contribution is -0.142. The van der Waals surface area contributed by atoms with E-state index in [0.29, 0.717) is 0 Å². The first-order valence-electron chi connectivity index (χ1n) is 12.4. The molecule has 242 valence electrons. The fourth-order valence-corrected chi connectivity index (χ4v) is 4.73. The third-order valence-electron chi connectivity index (χ3n) is 6.72. The predicted molar refractivity (Wildman–Crippen MR) is 143 cm³/mol. The highest BCUT2D eigenvalue weighted by molar-refractivity contribution is 5.99. The summed E-state index contributed by atoms with van der Waals surface area (Å²) in [5, 5.41) is 26.9. The lowest BCUT2D eigenvalue weighted by Crippen LogP contribution is -2.41. The number of ether oxygens (including phenoxy) is 3. The number of nitrogens with zero attached hydrogens (tertiary/aromatic N) is 4. The van der Waals surface area contributed by atoms with Crippen LogP contribution in [0.1, 0.15) is 40.8 Å². The van der Waals surface area contributed by atoms with Gasteiger partial charge in [-0.3, -0.25) is 9.80 Å². The lowest BCUT2D eigenvalue weighted by Gasteiger charge is -2.24. The minimum atomic E-state index is -4.78. The number of amides is 2. The van der Waals surface area contributed by atoms with Crippen molar-refractivity contribution in [1.82, 2.24) is 0 Å². The van der Waals surface area contributed by atoms with E-state index in [1.807, 2.05) is 0 Å². The van der Waals surface area contributed by atoms with Crippen molar-refractivity contribution in [2.45, 2.75) is 45.7 Å². The molecule has 2 saturated heterocycles. The normalized spacial score (nSPS) is 17.7. The van der Waals surface area contributed by atoms with Crippen LogP contribution in [0.5, 0.6) is 0 Å². The Bertz CT molecular complexity index is 1560. The number of carbonyl (C=O) groups excluding carboxylic acids is 3. The summed E-state index contributed by atoms with van der Waals surface area (Å²) in [5.74, 6) is -0.812. The first-order valence-corrected chi connectivity index (χ1v) is 12.4. The third-order valence-corrected chi connectivity index (χ3v) is 6.72. The SMILES string of the molecule is C.COC(=O)C1COC(=O)N1c1ccc(C#N)c(C(F)(F)F)c1C.Cc1c(N2C(=O)OCC2CO)ccc(C#N)c1C(F)(F)F. The molecule has 0 radical (unpaired) electrons. The van der Waals surface area contributed by atoms with E-state index >= 15 is 0 Å². The molecule has 2 fully saturated rings. The number of esters is 1. The van der Waals surface area contributed by atoms with Crippen LogP contribution < -0.4 is 9.80 Å². The Labute approximate surface area is 252 Å². The van der Waals surface area contributed by atoms with E-state index < -0.39 is 71.5 Å². The molecule has 2 amide bonds. The molecule has 2 aliphatic rings. The number of alkyl halides is 6. The maximum absolute atomic E-state index is 13.2. The van der Waals surface area contributed by atoms with Crippen molar-refractivity contribution in [2.24, 2.45) is 0 Å².